The molecule has 3 aliphatic rings. The second-order valence-electron chi connectivity index (χ2n) is 4.06. The van der Waals surface area contributed by atoms with Crippen molar-refractivity contribution in [3.8, 4) is 0 Å². The van der Waals surface area contributed by atoms with E-state index in [1.54, 1.807) is 0 Å². The van der Waals surface area contributed by atoms with E-state index >= 15 is 0 Å². The fourth-order valence-corrected chi connectivity index (χ4v) is 3.08. The Bertz CT molecular complexity index is 139. The minimum absolute atomic E-state index is 0.723. The van der Waals surface area contributed by atoms with Gasteiger partial charge in [0, 0.05) is 6.61 Å². The Hall–Kier alpha value is -0.0400. The van der Waals surface area contributed by atoms with Crippen LogP contribution in [-0.4, -0.2) is 12.7 Å². The first-order chi connectivity index (χ1) is 4.97. The SMILES string of the molecule is C1CC2C3OCC[C@@H](C1)[C@@H]23. The van der Waals surface area contributed by atoms with E-state index in [1.165, 1.54) is 25.7 Å². The zero-order valence-electron chi connectivity index (χ0n) is 6.25. The largest absolute Gasteiger partial charge is 0.378 e. The number of rotatable bonds is 0. The molecule has 56 valence electrons. The van der Waals surface area contributed by atoms with E-state index in [1.807, 2.05) is 0 Å². The van der Waals surface area contributed by atoms with Crippen LogP contribution in [0, 0.1) is 17.8 Å². The van der Waals surface area contributed by atoms with Crippen LogP contribution < -0.4 is 0 Å². The molecule has 2 aliphatic carbocycles. The summed E-state index contributed by atoms with van der Waals surface area (Å²) in [5.41, 5.74) is 0. The molecule has 1 saturated heterocycles. The van der Waals surface area contributed by atoms with Crippen LogP contribution >= 0.6 is 0 Å². The van der Waals surface area contributed by atoms with Gasteiger partial charge in [-0.25, -0.2) is 0 Å². The average molecular weight is 138 g/mol. The highest BCUT2D eigenvalue weighted by Crippen LogP contribution is 2.57. The van der Waals surface area contributed by atoms with Gasteiger partial charge >= 0.3 is 0 Å². The maximum atomic E-state index is 5.67. The molecule has 2 unspecified atom stereocenters. The van der Waals surface area contributed by atoms with Crippen molar-refractivity contribution < 1.29 is 4.74 Å². The Labute approximate surface area is 61.8 Å². The molecule has 0 spiro atoms. The Kier molecular flexibility index (Phi) is 0.984. The highest BCUT2D eigenvalue weighted by molar-refractivity contribution is 5.06. The monoisotopic (exact) mass is 138 g/mol. The molecule has 1 aliphatic heterocycles. The fraction of sp³-hybridized carbons (Fsp3) is 1.00. The van der Waals surface area contributed by atoms with E-state index < -0.39 is 0 Å². The molecule has 10 heavy (non-hydrogen) atoms. The van der Waals surface area contributed by atoms with Crippen LogP contribution in [0.15, 0.2) is 0 Å². The molecular weight excluding hydrogens is 124 g/mol. The second-order valence-corrected chi connectivity index (χ2v) is 4.06. The molecule has 3 fully saturated rings. The standard InChI is InChI=1S/C9H14O/c1-2-6-4-5-10-9-7(3-1)8(6)9/h6-9H,1-5H2/t6-,7?,8+,9?/m1/s1. The minimum Gasteiger partial charge on any atom is -0.378 e. The van der Waals surface area contributed by atoms with Crippen molar-refractivity contribution in [1.82, 2.24) is 0 Å². The summed E-state index contributed by atoms with van der Waals surface area (Å²) in [4.78, 5) is 0. The maximum Gasteiger partial charge on any atom is 0.0641 e. The summed E-state index contributed by atoms with van der Waals surface area (Å²) >= 11 is 0. The van der Waals surface area contributed by atoms with Crippen LogP contribution in [-0.2, 0) is 4.74 Å². The Morgan fingerprint density at radius 1 is 1.10 bits per heavy atom. The molecule has 0 aromatic heterocycles. The van der Waals surface area contributed by atoms with Crippen molar-refractivity contribution in [1.29, 1.82) is 0 Å². The van der Waals surface area contributed by atoms with Crippen molar-refractivity contribution >= 4 is 0 Å². The number of hydrogen-bond acceptors (Lipinski definition) is 1. The third-order valence-corrected chi connectivity index (χ3v) is 3.61. The summed E-state index contributed by atoms with van der Waals surface area (Å²) in [6.07, 6.45) is 6.53. The number of hydrogen-bond donors (Lipinski definition) is 0. The summed E-state index contributed by atoms with van der Waals surface area (Å²) in [7, 11) is 0. The average Bonchev–Trinajstić information content (AvgIpc) is 2.68. The minimum atomic E-state index is 0.723. The summed E-state index contributed by atoms with van der Waals surface area (Å²) < 4.78 is 5.67. The molecular formula is C9H14O. The van der Waals surface area contributed by atoms with E-state index in [2.05, 4.69) is 0 Å². The van der Waals surface area contributed by atoms with Crippen LogP contribution in [0.2, 0.25) is 0 Å². The molecule has 4 atom stereocenters. The second kappa shape index (κ2) is 1.76. The molecule has 0 radical (unpaired) electrons. The third kappa shape index (κ3) is 0.572. The van der Waals surface area contributed by atoms with Crippen molar-refractivity contribution in [3.05, 3.63) is 0 Å². The number of fused-ring (bicyclic) bond motifs is 1. The maximum absolute atomic E-state index is 5.67. The van der Waals surface area contributed by atoms with Gasteiger partial charge in [0.25, 0.3) is 0 Å². The highest BCUT2D eigenvalue weighted by Gasteiger charge is 2.57. The third-order valence-electron chi connectivity index (χ3n) is 3.61. The van der Waals surface area contributed by atoms with Gasteiger partial charge in [0.05, 0.1) is 6.10 Å². The van der Waals surface area contributed by atoms with Crippen LogP contribution in [0.1, 0.15) is 25.7 Å². The molecule has 1 nitrogen and oxygen atoms in total. The molecule has 2 saturated carbocycles. The number of ether oxygens (including phenoxy) is 1. The van der Waals surface area contributed by atoms with Gasteiger partial charge in [-0.05, 0) is 37.0 Å². The van der Waals surface area contributed by atoms with E-state index in [9.17, 15) is 0 Å². The van der Waals surface area contributed by atoms with Gasteiger partial charge in [-0.1, -0.05) is 6.42 Å². The predicted molar refractivity (Wildman–Crippen MR) is 38.7 cm³/mol. The molecule has 0 aromatic rings. The van der Waals surface area contributed by atoms with Crippen molar-refractivity contribution in [2.75, 3.05) is 6.61 Å². The topological polar surface area (TPSA) is 9.23 Å². The summed E-state index contributed by atoms with van der Waals surface area (Å²) in [6, 6.07) is 0. The lowest BCUT2D eigenvalue weighted by Crippen LogP contribution is -2.17. The van der Waals surface area contributed by atoms with Gasteiger partial charge < -0.3 is 4.74 Å². The van der Waals surface area contributed by atoms with Crippen molar-refractivity contribution in [2.24, 2.45) is 17.8 Å². The fourth-order valence-electron chi connectivity index (χ4n) is 3.08. The normalized spacial score (nSPS) is 57.6. The highest BCUT2D eigenvalue weighted by atomic mass is 16.5. The molecule has 0 aromatic carbocycles. The van der Waals surface area contributed by atoms with Gasteiger partial charge in [-0.3, -0.25) is 0 Å². The van der Waals surface area contributed by atoms with E-state index in [0.717, 1.165) is 30.5 Å². The summed E-state index contributed by atoms with van der Waals surface area (Å²) in [5, 5.41) is 0. The lowest BCUT2D eigenvalue weighted by molar-refractivity contribution is 0.0524. The predicted octanol–water partition coefficient (Wildman–Crippen LogP) is 1.82. The molecule has 1 heteroatoms. The van der Waals surface area contributed by atoms with Crippen molar-refractivity contribution in [2.45, 2.75) is 31.8 Å². The van der Waals surface area contributed by atoms with E-state index in [-0.39, 0.29) is 0 Å². The van der Waals surface area contributed by atoms with Crippen molar-refractivity contribution in [3.63, 3.8) is 0 Å². The lowest BCUT2D eigenvalue weighted by Gasteiger charge is -2.22. The van der Waals surface area contributed by atoms with Gasteiger partial charge in [0.1, 0.15) is 0 Å². The smallest absolute Gasteiger partial charge is 0.0641 e. The van der Waals surface area contributed by atoms with E-state index in [0.29, 0.717) is 0 Å². The van der Waals surface area contributed by atoms with Crippen LogP contribution in [0.25, 0.3) is 0 Å². The first-order valence-electron chi connectivity index (χ1n) is 4.58. The Morgan fingerprint density at radius 2 is 2.10 bits per heavy atom. The molecule has 0 amide bonds. The van der Waals surface area contributed by atoms with Crippen LogP contribution in [0.4, 0.5) is 0 Å². The van der Waals surface area contributed by atoms with Gasteiger partial charge in [0.15, 0.2) is 0 Å². The van der Waals surface area contributed by atoms with Crippen LogP contribution in [0.5, 0.6) is 0 Å². The lowest BCUT2D eigenvalue weighted by atomic mass is 9.87. The molecule has 0 bridgehead atoms. The van der Waals surface area contributed by atoms with E-state index in [4.69, 9.17) is 4.74 Å². The van der Waals surface area contributed by atoms with Gasteiger partial charge in [-0.2, -0.15) is 0 Å². The van der Waals surface area contributed by atoms with Gasteiger partial charge in [-0.15, -0.1) is 0 Å². The first-order valence-corrected chi connectivity index (χ1v) is 4.58. The molecule has 1 heterocycles. The Morgan fingerprint density at radius 3 is 3.00 bits per heavy atom. The molecule has 0 N–H and O–H groups in total. The van der Waals surface area contributed by atoms with Gasteiger partial charge in [0.2, 0.25) is 0 Å². The zero-order chi connectivity index (χ0) is 6.55. The Balaban J connectivity index is 1.84. The zero-order valence-corrected chi connectivity index (χ0v) is 6.25. The quantitative estimate of drug-likeness (QED) is 0.496. The summed E-state index contributed by atoms with van der Waals surface area (Å²) in [6.45, 7) is 1.06. The summed E-state index contributed by atoms with van der Waals surface area (Å²) in [5.74, 6) is 3.08. The first kappa shape index (κ1) is 5.59. The molecule has 3 rings (SSSR count). The van der Waals surface area contributed by atoms with Crippen LogP contribution in [0.3, 0.4) is 0 Å².